The Kier molecular flexibility index (Phi) is 5.26. The first-order valence-electron chi connectivity index (χ1n) is 9.78. The monoisotopic (exact) mass is 375 g/mol. The number of carbonyl (C=O) groups is 1. The molecular formula is C23H25N3O2. The van der Waals surface area contributed by atoms with Crippen LogP contribution in [0.2, 0.25) is 0 Å². The lowest BCUT2D eigenvalue weighted by Gasteiger charge is -2.08. The molecule has 4 aromatic rings. The largest absolute Gasteiger partial charge is 0.381 e. The van der Waals surface area contributed by atoms with Gasteiger partial charge in [-0.15, -0.1) is 0 Å². The molecule has 1 aliphatic heterocycles. The summed E-state index contributed by atoms with van der Waals surface area (Å²) >= 11 is 0. The Morgan fingerprint density at radius 1 is 1.11 bits per heavy atom. The standard InChI is InChI=1S/C18H15N3O.C5H10O/c1-10-8-20-18-16(10)14(11(2)22)9-21-17(18)13-3-4-15-12(7-13)5-6-19-15;1-2-4-6-5-3-1/h3-9,19-20H,1-2H3;1-5H2. The van der Waals surface area contributed by atoms with Crippen molar-refractivity contribution in [3.63, 3.8) is 0 Å². The van der Waals surface area contributed by atoms with Gasteiger partial charge in [-0.2, -0.15) is 0 Å². The van der Waals surface area contributed by atoms with Crippen molar-refractivity contribution < 1.29 is 9.53 Å². The quantitative estimate of drug-likeness (QED) is 0.460. The van der Waals surface area contributed by atoms with Crippen molar-refractivity contribution in [2.75, 3.05) is 13.2 Å². The molecule has 0 unspecified atom stereocenters. The second-order valence-electron chi connectivity index (χ2n) is 7.25. The van der Waals surface area contributed by atoms with E-state index in [4.69, 9.17) is 4.74 Å². The highest BCUT2D eigenvalue weighted by Gasteiger charge is 2.15. The highest BCUT2D eigenvalue weighted by atomic mass is 16.5. The minimum Gasteiger partial charge on any atom is -0.381 e. The van der Waals surface area contributed by atoms with Crippen molar-refractivity contribution in [3.8, 4) is 11.3 Å². The van der Waals surface area contributed by atoms with E-state index in [1.807, 2.05) is 37.5 Å². The van der Waals surface area contributed by atoms with Crippen LogP contribution in [0.25, 0.3) is 33.1 Å². The number of rotatable bonds is 2. The third-order valence-electron chi connectivity index (χ3n) is 5.19. The molecule has 0 saturated carbocycles. The van der Waals surface area contributed by atoms with Crippen LogP contribution in [-0.4, -0.2) is 33.9 Å². The molecule has 0 amide bonds. The summed E-state index contributed by atoms with van der Waals surface area (Å²) in [5.41, 5.74) is 5.65. The number of hydrogen-bond acceptors (Lipinski definition) is 3. The van der Waals surface area contributed by atoms with E-state index in [2.05, 4.69) is 21.0 Å². The van der Waals surface area contributed by atoms with Gasteiger partial charge in [0.2, 0.25) is 0 Å². The predicted octanol–water partition coefficient (Wildman–Crippen LogP) is 5.41. The Labute approximate surface area is 164 Å². The van der Waals surface area contributed by atoms with Crippen LogP contribution in [0, 0.1) is 6.92 Å². The van der Waals surface area contributed by atoms with Crippen LogP contribution in [0.1, 0.15) is 42.1 Å². The van der Waals surface area contributed by atoms with Gasteiger partial charge in [0.1, 0.15) is 0 Å². The molecule has 4 heterocycles. The molecule has 0 spiro atoms. The first-order valence-corrected chi connectivity index (χ1v) is 9.78. The zero-order valence-corrected chi connectivity index (χ0v) is 16.3. The number of hydrogen-bond donors (Lipinski definition) is 2. The molecule has 0 bridgehead atoms. The number of Topliss-reactive ketones (excluding diaryl/α,β-unsaturated/α-hetero) is 1. The third kappa shape index (κ3) is 3.58. The second-order valence-corrected chi connectivity index (χ2v) is 7.25. The lowest BCUT2D eigenvalue weighted by atomic mass is 10.0. The number of pyridine rings is 1. The summed E-state index contributed by atoms with van der Waals surface area (Å²) < 4.78 is 5.07. The first-order chi connectivity index (χ1) is 13.6. The number of ketones is 1. The smallest absolute Gasteiger partial charge is 0.162 e. The number of aryl methyl sites for hydroxylation is 1. The Morgan fingerprint density at radius 2 is 1.93 bits per heavy atom. The minimum absolute atomic E-state index is 0.0350. The molecule has 0 aliphatic carbocycles. The van der Waals surface area contributed by atoms with Crippen molar-refractivity contribution in [3.05, 3.63) is 54.0 Å². The van der Waals surface area contributed by atoms with E-state index >= 15 is 0 Å². The average Bonchev–Trinajstić information content (AvgIpc) is 3.35. The van der Waals surface area contributed by atoms with Crippen LogP contribution in [-0.2, 0) is 4.74 Å². The molecule has 2 N–H and O–H groups in total. The fourth-order valence-corrected chi connectivity index (χ4v) is 3.69. The van der Waals surface area contributed by atoms with Gasteiger partial charge < -0.3 is 14.7 Å². The molecule has 1 aliphatic rings. The Bertz CT molecular complexity index is 1110. The second kappa shape index (κ2) is 7.98. The Morgan fingerprint density at radius 3 is 2.61 bits per heavy atom. The maximum Gasteiger partial charge on any atom is 0.162 e. The molecule has 0 atom stereocenters. The normalized spacial score (nSPS) is 14.1. The number of nitrogens with one attached hydrogen (secondary N) is 2. The summed E-state index contributed by atoms with van der Waals surface area (Å²) in [6.07, 6.45) is 9.47. The van der Waals surface area contributed by atoms with Gasteiger partial charge in [-0.3, -0.25) is 9.78 Å². The number of ether oxygens (including phenoxy) is 1. The van der Waals surface area contributed by atoms with E-state index in [1.54, 1.807) is 13.1 Å². The topological polar surface area (TPSA) is 70.8 Å². The highest BCUT2D eigenvalue weighted by molar-refractivity contribution is 6.10. The van der Waals surface area contributed by atoms with Gasteiger partial charge in [-0.05, 0) is 56.9 Å². The van der Waals surface area contributed by atoms with Gasteiger partial charge in [0.05, 0.1) is 11.2 Å². The minimum atomic E-state index is 0.0350. The molecule has 1 fully saturated rings. The van der Waals surface area contributed by atoms with E-state index in [0.717, 1.165) is 51.8 Å². The predicted molar refractivity (Wildman–Crippen MR) is 113 cm³/mol. The molecule has 5 heteroatoms. The summed E-state index contributed by atoms with van der Waals surface area (Å²) in [6, 6.07) is 8.24. The van der Waals surface area contributed by atoms with E-state index in [1.165, 1.54) is 19.3 Å². The van der Waals surface area contributed by atoms with E-state index in [0.29, 0.717) is 5.56 Å². The SMILES string of the molecule is C1CCOCC1.CC(=O)c1cnc(-c2ccc3[nH]ccc3c2)c2[nH]cc(C)c12. The zero-order chi connectivity index (χ0) is 19.5. The van der Waals surface area contributed by atoms with E-state index in [-0.39, 0.29) is 5.78 Å². The van der Waals surface area contributed by atoms with Gasteiger partial charge in [0.15, 0.2) is 5.78 Å². The van der Waals surface area contributed by atoms with Crippen molar-refractivity contribution in [1.29, 1.82) is 0 Å². The molecule has 1 aromatic carbocycles. The van der Waals surface area contributed by atoms with Gasteiger partial charge >= 0.3 is 0 Å². The van der Waals surface area contributed by atoms with Crippen molar-refractivity contribution in [2.24, 2.45) is 0 Å². The van der Waals surface area contributed by atoms with Crippen LogP contribution in [0.5, 0.6) is 0 Å². The number of aromatic amines is 2. The number of H-pyrrole nitrogens is 2. The number of benzene rings is 1. The van der Waals surface area contributed by atoms with E-state index in [9.17, 15) is 4.79 Å². The number of aromatic nitrogens is 3. The number of fused-ring (bicyclic) bond motifs is 2. The third-order valence-corrected chi connectivity index (χ3v) is 5.19. The Hall–Kier alpha value is -2.92. The molecule has 0 radical (unpaired) electrons. The molecule has 5 rings (SSSR count). The van der Waals surface area contributed by atoms with Gasteiger partial charge in [-0.1, -0.05) is 6.07 Å². The summed E-state index contributed by atoms with van der Waals surface area (Å²) in [5.74, 6) is 0.0350. The maximum atomic E-state index is 11.8. The molecular weight excluding hydrogens is 350 g/mol. The van der Waals surface area contributed by atoms with Crippen LogP contribution < -0.4 is 0 Å². The number of carbonyl (C=O) groups excluding carboxylic acids is 1. The highest BCUT2D eigenvalue weighted by Crippen LogP contribution is 2.31. The summed E-state index contributed by atoms with van der Waals surface area (Å²) in [6.45, 7) is 5.58. The van der Waals surface area contributed by atoms with Crippen LogP contribution in [0.3, 0.4) is 0 Å². The fraction of sp³-hybridized carbons (Fsp3) is 0.304. The summed E-state index contributed by atoms with van der Waals surface area (Å²) in [5, 5.41) is 2.11. The molecule has 1 saturated heterocycles. The number of nitrogens with zero attached hydrogens (tertiary/aromatic N) is 1. The van der Waals surface area contributed by atoms with Crippen molar-refractivity contribution >= 4 is 27.6 Å². The lowest BCUT2D eigenvalue weighted by Crippen LogP contribution is -2.03. The average molecular weight is 375 g/mol. The molecule has 5 nitrogen and oxygen atoms in total. The molecule has 144 valence electrons. The van der Waals surface area contributed by atoms with Crippen LogP contribution >= 0.6 is 0 Å². The van der Waals surface area contributed by atoms with Gasteiger partial charge in [0, 0.05) is 59.2 Å². The summed E-state index contributed by atoms with van der Waals surface area (Å²) in [7, 11) is 0. The first kappa shape index (κ1) is 18.4. The van der Waals surface area contributed by atoms with Crippen molar-refractivity contribution in [2.45, 2.75) is 33.1 Å². The zero-order valence-electron chi connectivity index (χ0n) is 16.3. The van der Waals surface area contributed by atoms with Gasteiger partial charge in [0.25, 0.3) is 0 Å². The van der Waals surface area contributed by atoms with Crippen LogP contribution in [0.4, 0.5) is 0 Å². The van der Waals surface area contributed by atoms with Gasteiger partial charge in [-0.25, -0.2) is 0 Å². The Balaban J connectivity index is 0.000000275. The molecule has 3 aromatic heterocycles. The molecule has 28 heavy (non-hydrogen) atoms. The maximum absolute atomic E-state index is 11.8. The van der Waals surface area contributed by atoms with Crippen molar-refractivity contribution in [1.82, 2.24) is 15.0 Å². The lowest BCUT2D eigenvalue weighted by molar-refractivity contribution is 0.0968. The summed E-state index contributed by atoms with van der Waals surface area (Å²) in [4.78, 5) is 22.8. The van der Waals surface area contributed by atoms with E-state index < -0.39 is 0 Å². The fourth-order valence-electron chi connectivity index (χ4n) is 3.69. The van der Waals surface area contributed by atoms with Crippen LogP contribution in [0.15, 0.2) is 42.9 Å².